The number of carbonyl (C=O) groups excluding carboxylic acids is 2. The van der Waals surface area contributed by atoms with E-state index in [1.165, 1.54) is 0 Å². The maximum absolute atomic E-state index is 13.5. The van der Waals surface area contributed by atoms with Gasteiger partial charge >= 0.3 is 6.09 Å². The minimum Gasteiger partial charge on any atom is -0.444 e. The monoisotopic (exact) mass is 419 g/mol. The Balaban J connectivity index is 2.71. The van der Waals surface area contributed by atoms with Crippen molar-refractivity contribution >= 4 is 33.6 Å². The van der Waals surface area contributed by atoms with E-state index >= 15 is 0 Å². The number of hydrogen-bond donors (Lipinski definition) is 2. The van der Waals surface area contributed by atoms with Gasteiger partial charge in [0.15, 0.2) is 0 Å². The lowest BCUT2D eigenvalue weighted by Crippen LogP contribution is -2.43. The molecule has 0 unspecified atom stereocenters. The first-order valence-corrected chi connectivity index (χ1v) is 8.11. The number of nitrogens with one attached hydrogen (secondary N) is 2. The van der Waals surface area contributed by atoms with Crippen molar-refractivity contribution in [2.24, 2.45) is 0 Å². The van der Waals surface area contributed by atoms with Gasteiger partial charge in [0.1, 0.15) is 15.9 Å². The number of halogens is 2. The van der Waals surface area contributed by atoms with E-state index in [2.05, 4.69) is 26.6 Å². The second-order valence-electron chi connectivity index (χ2n) is 6.30. The average Bonchev–Trinajstić information content (AvgIpc) is 2.44. The van der Waals surface area contributed by atoms with Crippen LogP contribution in [0.25, 0.3) is 0 Å². The van der Waals surface area contributed by atoms with Crippen LogP contribution < -0.4 is 10.6 Å². The largest absolute Gasteiger partial charge is 0.444 e. The topological polar surface area (TPSA) is 111 Å². The molecule has 0 aliphatic rings. The highest BCUT2D eigenvalue weighted by molar-refractivity contribution is 9.10. The molecule has 1 atom stereocenters. The van der Waals surface area contributed by atoms with Crippen molar-refractivity contribution in [2.45, 2.75) is 39.3 Å². The summed E-state index contributed by atoms with van der Waals surface area (Å²) in [4.78, 5) is 33.8. The molecule has 0 aliphatic carbocycles. The van der Waals surface area contributed by atoms with Gasteiger partial charge in [-0.25, -0.2) is 9.18 Å². The van der Waals surface area contributed by atoms with Gasteiger partial charge in [-0.3, -0.25) is 14.9 Å². The maximum atomic E-state index is 13.5. The zero-order chi connectivity index (χ0) is 19.4. The summed E-state index contributed by atoms with van der Waals surface area (Å²) in [5.41, 5.74) is -1.42. The highest BCUT2D eigenvalue weighted by Crippen LogP contribution is 2.29. The summed E-state index contributed by atoms with van der Waals surface area (Å²) < 4.78 is 18.4. The number of hydrogen-bond acceptors (Lipinski definition) is 5. The highest BCUT2D eigenvalue weighted by Gasteiger charge is 2.23. The van der Waals surface area contributed by atoms with Crippen molar-refractivity contribution in [3.8, 4) is 0 Å². The molecule has 0 aliphatic heterocycles. The van der Waals surface area contributed by atoms with Gasteiger partial charge in [0.2, 0.25) is 0 Å². The molecular formula is C15H19BrFN3O5. The summed E-state index contributed by atoms with van der Waals surface area (Å²) in [6.07, 6.45) is -0.642. The Bertz CT molecular complexity index is 690. The normalized spacial score (nSPS) is 12.2. The average molecular weight is 420 g/mol. The number of carbonyl (C=O) groups is 2. The van der Waals surface area contributed by atoms with E-state index in [1.54, 1.807) is 27.7 Å². The lowest BCUT2D eigenvalue weighted by atomic mass is 10.1. The van der Waals surface area contributed by atoms with Crippen LogP contribution in [0.2, 0.25) is 0 Å². The standard InChI is InChI=1S/C15H19BrFN3O5/c1-8(19-14(22)25-15(2,3)4)7-18-13(21)10-5-9(17)6-11(12(10)16)20(23)24/h5-6,8H,7H2,1-4H3,(H,18,21)(H,19,22)/t8-/m0/s1. The molecule has 2 N–H and O–H groups in total. The third-order valence-electron chi connectivity index (χ3n) is 2.79. The second kappa shape index (κ2) is 8.24. The van der Waals surface area contributed by atoms with Crippen molar-refractivity contribution in [3.05, 3.63) is 38.1 Å². The molecule has 10 heteroatoms. The molecule has 1 aromatic carbocycles. The van der Waals surface area contributed by atoms with Crippen LogP contribution in [0.5, 0.6) is 0 Å². The van der Waals surface area contributed by atoms with E-state index in [-0.39, 0.29) is 16.6 Å². The van der Waals surface area contributed by atoms with Gasteiger partial charge in [-0.1, -0.05) is 0 Å². The fraction of sp³-hybridized carbons (Fsp3) is 0.467. The van der Waals surface area contributed by atoms with Crippen LogP contribution in [0.1, 0.15) is 38.1 Å². The maximum Gasteiger partial charge on any atom is 0.407 e. The predicted molar refractivity (Wildman–Crippen MR) is 91.9 cm³/mol. The number of amides is 2. The Morgan fingerprint density at radius 1 is 1.40 bits per heavy atom. The lowest BCUT2D eigenvalue weighted by Gasteiger charge is -2.22. The van der Waals surface area contributed by atoms with E-state index in [0.29, 0.717) is 6.07 Å². The van der Waals surface area contributed by atoms with Crippen LogP contribution in [0, 0.1) is 15.9 Å². The summed E-state index contributed by atoms with van der Waals surface area (Å²) in [5.74, 6) is -1.62. The van der Waals surface area contributed by atoms with E-state index in [4.69, 9.17) is 4.74 Å². The van der Waals surface area contributed by atoms with Gasteiger partial charge in [-0.05, 0) is 49.7 Å². The molecule has 0 radical (unpaired) electrons. The van der Waals surface area contributed by atoms with Crippen LogP contribution in [-0.4, -0.2) is 35.1 Å². The van der Waals surface area contributed by atoms with Crippen molar-refractivity contribution in [1.82, 2.24) is 10.6 Å². The number of alkyl carbamates (subject to hydrolysis) is 1. The van der Waals surface area contributed by atoms with Gasteiger partial charge in [0, 0.05) is 12.6 Å². The highest BCUT2D eigenvalue weighted by atomic mass is 79.9. The molecule has 0 aromatic heterocycles. The molecule has 25 heavy (non-hydrogen) atoms. The Morgan fingerprint density at radius 2 is 2.00 bits per heavy atom. The summed E-state index contributed by atoms with van der Waals surface area (Å²) in [7, 11) is 0. The molecule has 2 amide bonds. The summed E-state index contributed by atoms with van der Waals surface area (Å²) in [6.45, 7) is 6.80. The fourth-order valence-corrected chi connectivity index (χ4v) is 2.33. The summed E-state index contributed by atoms with van der Waals surface area (Å²) in [6, 6.07) is 1.13. The lowest BCUT2D eigenvalue weighted by molar-refractivity contribution is -0.385. The fourth-order valence-electron chi connectivity index (χ4n) is 1.77. The van der Waals surface area contributed by atoms with E-state index in [1.807, 2.05) is 0 Å². The third kappa shape index (κ3) is 6.65. The molecule has 0 fully saturated rings. The molecule has 0 spiro atoms. The first kappa shape index (κ1) is 20.8. The molecule has 8 nitrogen and oxygen atoms in total. The van der Waals surface area contributed by atoms with Gasteiger partial charge in [-0.2, -0.15) is 0 Å². The SMILES string of the molecule is C[C@@H](CNC(=O)c1cc(F)cc([N+](=O)[O-])c1Br)NC(=O)OC(C)(C)C. The Labute approximate surface area is 152 Å². The van der Waals surface area contributed by atoms with Crippen molar-refractivity contribution in [3.63, 3.8) is 0 Å². The minimum atomic E-state index is -0.903. The molecule has 0 heterocycles. The molecule has 138 valence electrons. The van der Waals surface area contributed by atoms with Gasteiger partial charge in [-0.15, -0.1) is 0 Å². The first-order chi connectivity index (χ1) is 11.4. The van der Waals surface area contributed by atoms with Crippen LogP contribution >= 0.6 is 15.9 Å². The van der Waals surface area contributed by atoms with Crippen molar-refractivity contribution < 1.29 is 23.6 Å². The molecule has 1 rings (SSSR count). The Hall–Kier alpha value is -2.23. The molecule has 0 saturated carbocycles. The smallest absolute Gasteiger partial charge is 0.407 e. The predicted octanol–water partition coefficient (Wildman–Crippen LogP) is 3.14. The number of benzene rings is 1. The van der Waals surface area contributed by atoms with E-state index in [0.717, 1.165) is 6.07 Å². The Kier molecular flexibility index (Phi) is 6.86. The molecular weight excluding hydrogens is 401 g/mol. The zero-order valence-corrected chi connectivity index (χ0v) is 15.8. The molecule has 0 saturated heterocycles. The summed E-state index contributed by atoms with van der Waals surface area (Å²) in [5, 5.41) is 15.9. The zero-order valence-electron chi connectivity index (χ0n) is 14.2. The van der Waals surface area contributed by atoms with Gasteiger partial charge < -0.3 is 15.4 Å². The van der Waals surface area contributed by atoms with Crippen LogP contribution in [0.4, 0.5) is 14.9 Å². The number of nitro benzene ring substituents is 1. The van der Waals surface area contributed by atoms with Crippen LogP contribution in [-0.2, 0) is 4.74 Å². The van der Waals surface area contributed by atoms with E-state index < -0.39 is 40.1 Å². The van der Waals surface area contributed by atoms with Gasteiger partial charge in [0.05, 0.1) is 16.6 Å². The number of nitrogens with zero attached hydrogens (tertiary/aromatic N) is 1. The number of rotatable bonds is 5. The number of nitro groups is 1. The van der Waals surface area contributed by atoms with Gasteiger partial charge in [0.25, 0.3) is 11.6 Å². The summed E-state index contributed by atoms with van der Waals surface area (Å²) >= 11 is 2.94. The second-order valence-corrected chi connectivity index (χ2v) is 7.09. The van der Waals surface area contributed by atoms with E-state index in [9.17, 15) is 24.1 Å². The molecule has 0 bridgehead atoms. The van der Waals surface area contributed by atoms with Crippen molar-refractivity contribution in [1.29, 1.82) is 0 Å². The van der Waals surface area contributed by atoms with Crippen LogP contribution in [0.3, 0.4) is 0 Å². The minimum absolute atomic E-state index is 0.0226. The first-order valence-electron chi connectivity index (χ1n) is 7.32. The Morgan fingerprint density at radius 3 is 2.52 bits per heavy atom. The number of ether oxygens (including phenoxy) is 1. The quantitative estimate of drug-likeness (QED) is 0.562. The molecule has 1 aromatic rings. The van der Waals surface area contributed by atoms with Crippen LogP contribution in [0.15, 0.2) is 16.6 Å². The third-order valence-corrected chi connectivity index (χ3v) is 3.62. The van der Waals surface area contributed by atoms with Crippen molar-refractivity contribution in [2.75, 3.05) is 6.54 Å².